The topological polar surface area (TPSA) is 9.23 Å². The second kappa shape index (κ2) is 14.1. The second-order valence-corrected chi connectivity index (χ2v) is 10.6. The molecule has 0 heterocycles. The average Bonchev–Trinajstić information content (AvgIpc) is 2.48. The molecule has 0 saturated carbocycles. The van der Waals surface area contributed by atoms with Crippen LogP contribution in [0.5, 0.6) is 0 Å². The average molecular weight is 301 g/mol. The Kier molecular flexibility index (Phi) is 14.3. The molecule has 0 unspecified atom stereocenters. The van der Waals surface area contributed by atoms with E-state index < -0.39 is 8.32 Å². The van der Waals surface area contributed by atoms with Crippen LogP contribution in [0.2, 0.25) is 18.1 Å². The molecule has 0 aromatic heterocycles. The van der Waals surface area contributed by atoms with Gasteiger partial charge < -0.3 is 4.43 Å². The van der Waals surface area contributed by atoms with Gasteiger partial charge in [-0.3, -0.25) is 0 Å². The van der Waals surface area contributed by atoms with Crippen molar-refractivity contribution < 1.29 is 4.43 Å². The molecule has 0 aromatic carbocycles. The Balaban J connectivity index is 4.34. The molecule has 1 nitrogen and oxygen atoms in total. The van der Waals surface area contributed by atoms with Crippen molar-refractivity contribution in [3.05, 3.63) is 0 Å². The fourth-order valence-electron chi connectivity index (χ4n) is 2.91. The van der Waals surface area contributed by atoms with Gasteiger partial charge in [-0.15, -0.1) is 0 Å². The minimum Gasteiger partial charge on any atom is -0.417 e. The summed E-state index contributed by atoms with van der Waals surface area (Å²) >= 11 is 0. The van der Waals surface area contributed by atoms with E-state index in [4.69, 9.17) is 4.43 Å². The lowest BCUT2D eigenvalue weighted by molar-refractivity contribution is 0.282. The van der Waals surface area contributed by atoms with E-state index in [1.54, 1.807) is 0 Å². The molecule has 0 N–H and O–H groups in total. The maximum absolute atomic E-state index is 6.62. The van der Waals surface area contributed by atoms with Crippen LogP contribution in [0.1, 0.15) is 91.9 Å². The van der Waals surface area contributed by atoms with Crippen molar-refractivity contribution in [2.24, 2.45) is 0 Å². The van der Waals surface area contributed by atoms with Gasteiger partial charge in [0.25, 0.3) is 0 Å². The maximum atomic E-state index is 6.62. The van der Waals surface area contributed by atoms with E-state index in [0.717, 1.165) is 6.61 Å². The first-order valence-electron chi connectivity index (χ1n) is 9.38. The molecule has 0 aliphatic heterocycles. The third kappa shape index (κ3) is 9.98. The Labute approximate surface area is 130 Å². The van der Waals surface area contributed by atoms with Gasteiger partial charge in [-0.2, -0.15) is 0 Å². The first kappa shape index (κ1) is 20.2. The number of hydrogen-bond donors (Lipinski definition) is 0. The molecular formula is C18H40OSi. The Morgan fingerprint density at radius 1 is 0.550 bits per heavy atom. The van der Waals surface area contributed by atoms with Crippen molar-refractivity contribution >= 4 is 8.32 Å². The van der Waals surface area contributed by atoms with Gasteiger partial charge in [-0.1, -0.05) is 85.5 Å². The summed E-state index contributed by atoms with van der Waals surface area (Å²) in [6, 6.07) is 4.24. The standard InChI is InChI=1S/C18H40OSi/c1-5-9-13-14-15-19-20(16-10-6-2,17-11-7-3)18-12-8-4/h5-18H2,1-4H3. The van der Waals surface area contributed by atoms with Gasteiger partial charge in [-0.05, 0) is 24.6 Å². The van der Waals surface area contributed by atoms with Crippen LogP contribution in [-0.4, -0.2) is 14.9 Å². The van der Waals surface area contributed by atoms with Crippen molar-refractivity contribution in [1.82, 2.24) is 0 Å². The van der Waals surface area contributed by atoms with E-state index in [2.05, 4.69) is 27.7 Å². The molecule has 0 atom stereocenters. The quantitative estimate of drug-likeness (QED) is 0.235. The SMILES string of the molecule is CCCCCCO[Si](CCCC)(CCCC)CCCC. The van der Waals surface area contributed by atoms with Gasteiger partial charge in [0.1, 0.15) is 0 Å². The third-order valence-electron chi connectivity index (χ3n) is 4.36. The first-order chi connectivity index (χ1) is 9.74. The minimum atomic E-state index is -1.42. The van der Waals surface area contributed by atoms with Crippen molar-refractivity contribution in [3.63, 3.8) is 0 Å². The summed E-state index contributed by atoms with van der Waals surface area (Å²) in [5, 5.41) is 0. The zero-order valence-corrected chi connectivity index (χ0v) is 15.8. The Hall–Kier alpha value is 0.177. The normalized spacial score (nSPS) is 12.0. The molecule has 0 rings (SSSR count). The molecule has 0 aliphatic rings. The van der Waals surface area contributed by atoms with Gasteiger partial charge in [0.05, 0.1) is 0 Å². The fraction of sp³-hybridized carbons (Fsp3) is 1.00. The number of unbranched alkanes of at least 4 members (excludes halogenated alkanes) is 6. The van der Waals surface area contributed by atoms with E-state index in [1.807, 2.05) is 0 Å². The summed E-state index contributed by atoms with van der Waals surface area (Å²) in [5.74, 6) is 0. The third-order valence-corrected chi connectivity index (χ3v) is 8.97. The van der Waals surface area contributed by atoms with Crippen molar-refractivity contribution in [1.29, 1.82) is 0 Å². The number of hydrogen-bond acceptors (Lipinski definition) is 1. The van der Waals surface area contributed by atoms with Crippen molar-refractivity contribution in [2.75, 3.05) is 6.61 Å². The van der Waals surface area contributed by atoms with Gasteiger partial charge >= 0.3 is 0 Å². The Morgan fingerprint density at radius 3 is 1.40 bits per heavy atom. The fourth-order valence-corrected chi connectivity index (χ4v) is 7.66. The van der Waals surface area contributed by atoms with Crippen molar-refractivity contribution in [2.45, 2.75) is 110 Å². The van der Waals surface area contributed by atoms with Gasteiger partial charge in [-0.25, -0.2) is 0 Å². The van der Waals surface area contributed by atoms with E-state index in [-0.39, 0.29) is 0 Å². The highest BCUT2D eigenvalue weighted by atomic mass is 28.4. The highest BCUT2D eigenvalue weighted by Gasteiger charge is 2.32. The summed E-state index contributed by atoms with van der Waals surface area (Å²) in [6.07, 6.45) is 13.5. The van der Waals surface area contributed by atoms with Gasteiger partial charge in [0.15, 0.2) is 8.32 Å². The highest BCUT2D eigenvalue weighted by molar-refractivity contribution is 6.73. The van der Waals surface area contributed by atoms with Crippen LogP contribution in [0.3, 0.4) is 0 Å². The van der Waals surface area contributed by atoms with Crippen LogP contribution in [0, 0.1) is 0 Å². The summed E-state index contributed by atoms with van der Waals surface area (Å²) in [5.41, 5.74) is 0. The number of rotatable bonds is 15. The van der Waals surface area contributed by atoms with Crippen LogP contribution in [0.25, 0.3) is 0 Å². The lowest BCUT2D eigenvalue weighted by atomic mass is 10.2. The zero-order chi connectivity index (χ0) is 15.1. The van der Waals surface area contributed by atoms with E-state index in [0.29, 0.717) is 0 Å². The minimum absolute atomic E-state index is 1.05. The molecule has 0 fully saturated rings. The van der Waals surface area contributed by atoms with Crippen LogP contribution in [0.4, 0.5) is 0 Å². The Bertz CT molecular complexity index is 172. The predicted octanol–water partition coefficient (Wildman–Crippen LogP) is 6.93. The maximum Gasteiger partial charge on any atom is 0.192 e. The molecule has 0 amide bonds. The lowest BCUT2D eigenvalue weighted by Crippen LogP contribution is -2.38. The van der Waals surface area contributed by atoms with E-state index in [9.17, 15) is 0 Å². The zero-order valence-electron chi connectivity index (χ0n) is 14.8. The van der Waals surface area contributed by atoms with Crippen molar-refractivity contribution in [3.8, 4) is 0 Å². The monoisotopic (exact) mass is 300 g/mol. The smallest absolute Gasteiger partial charge is 0.192 e. The van der Waals surface area contributed by atoms with Crippen LogP contribution >= 0.6 is 0 Å². The van der Waals surface area contributed by atoms with E-state index in [1.165, 1.54) is 82.3 Å². The van der Waals surface area contributed by atoms with Gasteiger partial charge in [0.2, 0.25) is 0 Å². The molecule has 0 saturated heterocycles. The van der Waals surface area contributed by atoms with Crippen LogP contribution in [-0.2, 0) is 4.43 Å². The molecule has 0 aliphatic carbocycles. The molecule has 20 heavy (non-hydrogen) atoms. The van der Waals surface area contributed by atoms with Crippen LogP contribution < -0.4 is 0 Å². The largest absolute Gasteiger partial charge is 0.417 e. The molecule has 0 bridgehead atoms. The highest BCUT2D eigenvalue weighted by Crippen LogP contribution is 2.29. The van der Waals surface area contributed by atoms with Crippen LogP contribution in [0.15, 0.2) is 0 Å². The summed E-state index contributed by atoms with van der Waals surface area (Å²) in [6.45, 7) is 10.3. The molecule has 0 radical (unpaired) electrons. The Morgan fingerprint density at radius 2 is 1.00 bits per heavy atom. The second-order valence-electron chi connectivity index (χ2n) is 6.40. The molecular weight excluding hydrogens is 260 g/mol. The first-order valence-corrected chi connectivity index (χ1v) is 11.9. The summed E-state index contributed by atoms with van der Waals surface area (Å²) in [7, 11) is -1.42. The van der Waals surface area contributed by atoms with Gasteiger partial charge in [0, 0.05) is 6.61 Å². The molecule has 2 heteroatoms. The predicted molar refractivity (Wildman–Crippen MR) is 95.0 cm³/mol. The molecule has 0 aromatic rings. The molecule has 122 valence electrons. The summed E-state index contributed by atoms with van der Waals surface area (Å²) in [4.78, 5) is 0. The summed E-state index contributed by atoms with van der Waals surface area (Å²) < 4.78 is 6.62. The lowest BCUT2D eigenvalue weighted by Gasteiger charge is -2.32. The molecule has 0 spiro atoms. The van der Waals surface area contributed by atoms with E-state index >= 15 is 0 Å².